The fourth-order valence-electron chi connectivity index (χ4n) is 8.23. The molecule has 2 saturated heterocycles. The Hall–Kier alpha value is -5.68. The molecule has 4 aromatic rings. The lowest BCUT2D eigenvalue weighted by Gasteiger charge is -2.52. The molecule has 7 rings (SSSR count). The number of nitrogens with one attached hydrogen (secondary N) is 2. The van der Waals surface area contributed by atoms with Gasteiger partial charge in [-0.05, 0) is 92.9 Å². The number of benzene rings is 1. The third-order valence-electron chi connectivity index (χ3n) is 10.3. The number of ether oxygens (including phenoxy) is 4. The van der Waals surface area contributed by atoms with Crippen molar-refractivity contribution in [2.75, 3.05) is 16.8 Å². The van der Waals surface area contributed by atoms with Crippen molar-refractivity contribution in [1.29, 1.82) is 0 Å². The number of fused-ring (bicyclic) bond motifs is 5. The van der Waals surface area contributed by atoms with E-state index in [0.29, 0.717) is 18.9 Å². The summed E-state index contributed by atoms with van der Waals surface area (Å²) < 4.78 is 96.8. The molecule has 4 atom stereocenters. The zero-order chi connectivity index (χ0) is 42.4. The number of hydrogen-bond acceptors (Lipinski definition) is 10. The van der Waals surface area contributed by atoms with Crippen LogP contribution < -0.4 is 25.2 Å². The second-order valence-corrected chi connectivity index (χ2v) is 17.1. The maximum Gasteiger partial charge on any atom is 0.573 e. The second kappa shape index (κ2) is 13.7. The van der Waals surface area contributed by atoms with Crippen molar-refractivity contribution in [3.63, 3.8) is 0 Å². The number of alkyl halides is 3. The van der Waals surface area contributed by atoms with Crippen molar-refractivity contribution in [3.8, 4) is 34.3 Å². The summed E-state index contributed by atoms with van der Waals surface area (Å²) in [6.07, 6.45) is -6.71. The number of nitrogens with zero attached hydrogens (tertiary/aromatic N) is 4. The van der Waals surface area contributed by atoms with Gasteiger partial charge in [-0.3, -0.25) is 15.0 Å². The number of carbonyl (C=O) groups excluding carboxylic acids is 2. The number of rotatable bonds is 4. The molecule has 13 nitrogen and oxygen atoms in total. The van der Waals surface area contributed by atoms with Crippen LogP contribution in [0.25, 0.3) is 33.4 Å². The normalized spacial score (nSPS) is 21.6. The topological polar surface area (TPSA) is 148 Å². The lowest BCUT2D eigenvalue weighted by molar-refractivity contribution is -0.275. The average Bonchev–Trinajstić information content (AvgIpc) is 3.25. The number of carbonyl (C=O) groups is 2. The first-order chi connectivity index (χ1) is 26.8. The van der Waals surface area contributed by atoms with Crippen molar-refractivity contribution in [3.05, 3.63) is 57.9 Å². The summed E-state index contributed by atoms with van der Waals surface area (Å²) >= 11 is 0. The summed E-state index contributed by atoms with van der Waals surface area (Å²) in [6.45, 7) is 15.3. The number of hydrogen-bond donors (Lipinski definition) is 2. The molecule has 1 aromatic carbocycles. The van der Waals surface area contributed by atoms with Crippen LogP contribution in [0.4, 0.5) is 43.0 Å². The molecule has 0 radical (unpaired) electrons. The van der Waals surface area contributed by atoms with E-state index < -0.39 is 93.4 Å². The summed E-state index contributed by atoms with van der Waals surface area (Å²) in [6, 6.07) is 4.65. The summed E-state index contributed by atoms with van der Waals surface area (Å²) in [7, 11) is 0. The standard InChI is InChI=1S/C40H43F5N6O7/c1-18-26-27-33(48-29(18)23-11-10-12-25(52)47-23)50-17-39(9)14-13-24(51(39)36(54)58-38(6,7)8)31(50)19(2)55-34(27)49-30(28(26)42)21-15-20(46-35(53)57-37(3,4)5)16-22(41)32(21)56-40(43,44)45/h10-12,15-16,19,24,31H,13-14,17H2,1-9H3,(H,46,53)(H,47,52)/t19-,24-,31+,39+/m0/s1. The van der Waals surface area contributed by atoms with Crippen LogP contribution in [0, 0.1) is 18.6 Å². The molecule has 3 aliphatic rings. The van der Waals surface area contributed by atoms with Crippen LogP contribution in [-0.2, 0) is 9.47 Å². The number of H-pyrrole nitrogens is 1. The van der Waals surface area contributed by atoms with Crippen LogP contribution in [0.3, 0.4) is 0 Å². The van der Waals surface area contributed by atoms with Gasteiger partial charge in [-0.15, -0.1) is 13.2 Å². The Morgan fingerprint density at radius 3 is 2.33 bits per heavy atom. The predicted molar refractivity (Wildman–Crippen MR) is 203 cm³/mol. The molecule has 0 saturated carbocycles. The first-order valence-electron chi connectivity index (χ1n) is 18.6. The van der Waals surface area contributed by atoms with Gasteiger partial charge >= 0.3 is 18.5 Å². The highest BCUT2D eigenvalue weighted by Gasteiger charge is 2.59. The smallest absolute Gasteiger partial charge is 0.472 e. The number of pyridine rings is 3. The first-order valence-corrected chi connectivity index (χ1v) is 18.6. The van der Waals surface area contributed by atoms with E-state index >= 15 is 8.78 Å². The highest BCUT2D eigenvalue weighted by atomic mass is 19.4. The van der Waals surface area contributed by atoms with Crippen LogP contribution in [0.15, 0.2) is 35.1 Å². The van der Waals surface area contributed by atoms with E-state index in [4.69, 9.17) is 19.2 Å². The fourth-order valence-corrected chi connectivity index (χ4v) is 8.23. The Bertz CT molecular complexity index is 2410. The lowest BCUT2D eigenvalue weighted by atomic mass is 9.93. The number of aromatic amines is 1. The van der Waals surface area contributed by atoms with Gasteiger partial charge in [-0.25, -0.2) is 28.3 Å². The van der Waals surface area contributed by atoms with Gasteiger partial charge in [0.05, 0.1) is 40.0 Å². The van der Waals surface area contributed by atoms with Gasteiger partial charge < -0.3 is 28.8 Å². The Labute approximate surface area is 329 Å². The largest absolute Gasteiger partial charge is 0.573 e. The summed E-state index contributed by atoms with van der Waals surface area (Å²) in [4.78, 5) is 54.9. The van der Waals surface area contributed by atoms with Crippen molar-refractivity contribution in [2.24, 2.45) is 0 Å². The maximum atomic E-state index is 17.6. The Morgan fingerprint density at radius 2 is 1.69 bits per heavy atom. The minimum absolute atomic E-state index is 0.0608. The lowest BCUT2D eigenvalue weighted by Crippen LogP contribution is -2.69. The molecule has 2 fully saturated rings. The molecule has 2 bridgehead atoms. The molecule has 310 valence electrons. The van der Waals surface area contributed by atoms with Crippen LogP contribution >= 0.6 is 0 Å². The van der Waals surface area contributed by atoms with Crippen molar-refractivity contribution < 1.29 is 50.5 Å². The Balaban J connectivity index is 1.50. The van der Waals surface area contributed by atoms with Crippen molar-refractivity contribution in [2.45, 2.75) is 116 Å². The molecule has 58 heavy (non-hydrogen) atoms. The van der Waals surface area contributed by atoms with Gasteiger partial charge in [0.1, 0.15) is 28.8 Å². The third kappa shape index (κ3) is 7.43. The molecular formula is C40H43F5N6O7. The van der Waals surface area contributed by atoms with Crippen molar-refractivity contribution in [1.82, 2.24) is 19.9 Å². The molecule has 18 heteroatoms. The number of aryl methyl sites for hydroxylation is 1. The first kappa shape index (κ1) is 40.5. The van der Waals surface area contributed by atoms with E-state index in [-0.39, 0.29) is 46.0 Å². The van der Waals surface area contributed by atoms with Crippen LogP contribution in [0.1, 0.15) is 73.8 Å². The fraction of sp³-hybridized carbons (Fsp3) is 0.475. The van der Waals surface area contributed by atoms with E-state index in [9.17, 15) is 27.6 Å². The molecule has 0 spiro atoms. The summed E-state index contributed by atoms with van der Waals surface area (Å²) in [5, 5.41) is 2.14. The van der Waals surface area contributed by atoms with Crippen molar-refractivity contribution >= 4 is 34.5 Å². The number of halogens is 5. The van der Waals surface area contributed by atoms with E-state index in [1.165, 1.54) is 19.1 Å². The minimum atomic E-state index is -5.43. The molecule has 2 amide bonds. The van der Waals surface area contributed by atoms with Gasteiger partial charge in [0.2, 0.25) is 11.4 Å². The van der Waals surface area contributed by atoms with E-state index in [0.717, 1.165) is 6.07 Å². The number of anilines is 2. The molecule has 2 N–H and O–H groups in total. The highest BCUT2D eigenvalue weighted by molar-refractivity contribution is 6.04. The number of aromatic nitrogens is 3. The summed E-state index contributed by atoms with van der Waals surface area (Å²) in [5.74, 6) is -4.28. The van der Waals surface area contributed by atoms with Crippen LogP contribution in [0.5, 0.6) is 11.6 Å². The minimum Gasteiger partial charge on any atom is -0.472 e. The van der Waals surface area contributed by atoms with Crippen LogP contribution in [-0.4, -0.2) is 79.9 Å². The van der Waals surface area contributed by atoms with Gasteiger partial charge in [0, 0.05) is 29.8 Å². The number of piperazine rings is 1. The molecular weight excluding hydrogens is 771 g/mol. The van der Waals surface area contributed by atoms with Gasteiger partial charge in [-0.2, -0.15) is 0 Å². The van der Waals surface area contributed by atoms with Gasteiger partial charge in [-0.1, -0.05) is 6.07 Å². The highest BCUT2D eigenvalue weighted by Crippen LogP contribution is 2.52. The van der Waals surface area contributed by atoms with E-state index in [2.05, 4.69) is 20.0 Å². The monoisotopic (exact) mass is 814 g/mol. The van der Waals surface area contributed by atoms with Crippen LogP contribution in [0.2, 0.25) is 0 Å². The van der Waals surface area contributed by atoms with Gasteiger partial charge in [0.15, 0.2) is 17.4 Å². The predicted octanol–water partition coefficient (Wildman–Crippen LogP) is 8.61. The second-order valence-electron chi connectivity index (χ2n) is 17.1. The average molecular weight is 815 g/mol. The van der Waals surface area contributed by atoms with E-state index in [1.54, 1.807) is 59.4 Å². The zero-order valence-corrected chi connectivity index (χ0v) is 33.3. The third-order valence-corrected chi connectivity index (χ3v) is 10.3. The molecule has 0 unspecified atom stereocenters. The molecule has 0 aliphatic carbocycles. The Kier molecular flexibility index (Phi) is 9.58. The SMILES string of the molecule is Cc1c(-c2cccc(=O)[nH]2)nc2c3c(nc(-c4cc(NC(=O)OC(C)(C)C)cc(F)c4OC(F)(F)F)c(F)c13)O[C@@H](C)[C@@H]1[C@@H]3CC[C@](C)(CN21)N3C(=O)OC(C)(C)C. The maximum absolute atomic E-state index is 17.6. The number of amides is 2. The molecule has 3 aromatic heterocycles. The molecule has 3 aliphatic heterocycles. The van der Waals surface area contributed by atoms with Gasteiger partial charge in [0.25, 0.3) is 0 Å². The quantitative estimate of drug-likeness (QED) is 0.192. The zero-order valence-electron chi connectivity index (χ0n) is 33.3. The Morgan fingerprint density at radius 1 is 1.00 bits per heavy atom. The van der Waals surface area contributed by atoms with E-state index in [1.807, 2.05) is 11.8 Å². The molecule has 6 heterocycles. The summed E-state index contributed by atoms with van der Waals surface area (Å²) in [5.41, 5.74) is -4.61.